The highest BCUT2D eigenvalue weighted by molar-refractivity contribution is 5.26. The fourth-order valence-electron chi connectivity index (χ4n) is 3.54. The maximum absolute atomic E-state index is 5.30. The zero-order valence-corrected chi connectivity index (χ0v) is 13.2. The molecule has 0 amide bonds. The quantitative estimate of drug-likeness (QED) is 0.888. The van der Waals surface area contributed by atoms with Gasteiger partial charge in [-0.15, -0.1) is 0 Å². The molecule has 1 saturated carbocycles. The Balaban J connectivity index is 2.05. The monoisotopic (exact) mass is 276 g/mol. The molecular formula is C17H28N2O. The maximum Gasteiger partial charge on any atom is 0.137 e. The van der Waals surface area contributed by atoms with Crippen molar-refractivity contribution >= 4 is 0 Å². The van der Waals surface area contributed by atoms with Gasteiger partial charge in [-0.1, -0.05) is 13.8 Å². The summed E-state index contributed by atoms with van der Waals surface area (Å²) in [7, 11) is 3.75. The summed E-state index contributed by atoms with van der Waals surface area (Å²) in [4.78, 5) is 4.30. The Hall–Kier alpha value is -1.09. The van der Waals surface area contributed by atoms with E-state index >= 15 is 0 Å². The van der Waals surface area contributed by atoms with Gasteiger partial charge >= 0.3 is 0 Å². The van der Waals surface area contributed by atoms with Gasteiger partial charge in [0.15, 0.2) is 0 Å². The molecule has 112 valence electrons. The number of ether oxygens (including phenoxy) is 1. The van der Waals surface area contributed by atoms with Crippen molar-refractivity contribution in [3.05, 3.63) is 24.0 Å². The predicted molar refractivity (Wildman–Crippen MR) is 82.9 cm³/mol. The van der Waals surface area contributed by atoms with Crippen molar-refractivity contribution in [1.29, 1.82) is 0 Å². The Labute approximate surface area is 123 Å². The first-order valence-corrected chi connectivity index (χ1v) is 7.82. The molecule has 0 saturated heterocycles. The minimum absolute atomic E-state index is 0.394. The molecule has 3 nitrogen and oxygen atoms in total. The van der Waals surface area contributed by atoms with E-state index in [1.165, 1.54) is 31.2 Å². The number of nitrogens with zero attached hydrogens (tertiary/aromatic N) is 1. The van der Waals surface area contributed by atoms with Crippen LogP contribution in [0.1, 0.15) is 51.1 Å². The average Bonchev–Trinajstić information content (AvgIpc) is 2.49. The fourth-order valence-corrected chi connectivity index (χ4v) is 3.54. The highest BCUT2D eigenvalue weighted by Gasteiger charge is 2.29. The van der Waals surface area contributed by atoms with Crippen molar-refractivity contribution in [1.82, 2.24) is 10.3 Å². The summed E-state index contributed by atoms with van der Waals surface area (Å²) in [6.07, 6.45) is 9.08. The van der Waals surface area contributed by atoms with Gasteiger partial charge in [-0.3, -0.25) is 4.98 Å². The Morgan fingerprint density at radius 1 is 1.15 bits per heavy atom. The summed E-state index contributed by atoms with van der Waals surface area (Å²) in [5, 5.41) is 3.49. The lowest BCUT2D eigenvalue weighted by atomic mass is 9.73. The maximum atomic E-state index is 5.30. The van der Waals surface area contributed by atoms with E-state index in [1.54, 1.807) is 13.3 Å². The number of rotatable bonds is 5. The van der Waals surface area contributed by atoms with E-state index in [9.17, 15) is 0 Å². The van der Waals surface area contributed by atoms with Gasteiger partial charge in [0.05, 0.1) is 13.3 Å². The van der Waals surface area contributed by atoms with E-state index in [0.717, 1.165) is 17.6 Å². The van der Waals surface area contributed by atoms with E-state index in [2.05, 4.69) is 37.3 Å². The van der Waals surface area contributed by atoms with Crippen LogP contribution >= 0.6 is 0 Å². The average molecular weight is 276 g/mol. The molecular weight excluding hydrogens is 248 g/mol. The molecule has 1 aliphatic rings. The molecule has 3 heteroatoms. The summed E-state index contributed by atoms with van der Waals surface area (Å²) >= 11 is 0. The number of nitrogens with one attached hydrogen (secondary N) is 1. The van der Waals surface area contributed by atoms with Crippen molar-refractivity contribution in [2.75, 3.05) is 14.2 Å². The first-order chi connectivity index (χ1) is 9.65. The summed E-state index contributed by atoms with van der Waals surface area (Å²) in [5.41, 5.74) is 1.25. The Morgan fingerprint density at radius 2 is 1.80 bits per heavy atom. The van der Waals surface area contributed by atoms with Gasteiger partial charge in [-0.25, -0.2) is 0 Å². The summed E-state index contributed by atoms with van der Waals surface area (Å²) in [6, 6.07) is 2.51. The van der Waals surface area contributed by atoms with Crippen LogP contribution in [-0.4, -0.2) is 19.1 Å². The van der Waals surface area contributed by atoms with Crippen molar-refractivity contribution in [3.8, 4) is 5.75 Å². The molecule has 0 aromatic carbocycles. The van der Waals surface area contributed by atoms with Crippen LogP contribution in [0.2, 0.25) is 0 Å². The van der Waals surface area contributed by atoms with Crippen LogP contribution in [0, 0.1) is 17.8 Å². The van der Waals surface area contributed by atoms with Crippen LogP contribution < -0.4 is 10.1 Å². The molecule has 0 aliphatic heterocycles. The lowest BCUT2D eigenvalue weighted by Gasteiger charge is -2.35. The lowest BCUT2D eigenvalue weighted by Crippen LogP contribution is -2.29. The van der Waals surface area contributed by atoms with E-state index in [-0.39, 0.29) is 0 Å². The van der Waals surface area contributed by atoms with Crippen LogP contribution in [0.25, 0.3) is 0 Å². The second-order valence-corrected chi connectivity index (χ2v) is 6.34. The third kappa shape index (κ3) is 3.51. The molecule has 1 unspecified atom stereocenters. The van der Waals surface area contributed by atoms with E-state index in [1.807, 2.05) is 6.20 Å². The first-order valence-electron chi connectivity index (χ1n) is 7.82. The number of hydrogen-bond donors (Lipinski definition) is 1. The Morgan fingerprint density at radius 3 is 2.35 bits per heavy atom. The van der Waals surface area contributed by atoms with Gasteiger partial charge in [0.25, 0.3) is 0 Å². The molecule has 1 atom stereocenters. The Kier molecular flexibility index (Phi) is 5.41. The largest absolute Gasteiger partial charge is 0.495 e. The van der Waals surface area contributed by atoms with Crippen LogP contribution in [0.3, 0.4) is 0 Å². The van der Waals surface area contributed by atoms with Crippen molar-refractivity contribution in [3.63, 3.8) is 0 Å². The molecule has 1 heterocycles. The van der Waals surface area contributed by atoms with Crippen molar-refractivity contribution in [2.45, 2.75) is 45.6 Å². The molecule has 1 N–H and O–H groups in total. The molecule has 20 heavy (non-hydrogen) atoms. The van der Waals surface area contributed by atoms with Crippen molar-refractivity contribution < 1.29 is 4.74 Å². The second-order valence-electron chi connectivity index (χ2n) is 6.34. The first kappa shape index (κ1) is 15.3. The molecule has 0 radical (unpaired) electrons. The molecule has 1 aromatic heterocycles. The minimum Gasteiger partial charge on any atom is -0.495 e. The van der Waals surface area contributed by atoms with E-state index < -0.39 is 0 Å². The fraction of sp³-hybridized carbons (Fsp3) is 0.706. The highest BCUT2D eigenvalue weighted by Crippen LogP contribution is 2.39. The molecule has 1 aliphatic carbocycles. The molecule has 0 bridgehead atoms. The van der Waals surface area contributed by atoms with Gasteiger partial charge in [0, 0.05) is 12.2 Å². The van der Waals surface area contributed by atoms with Gasteiger partial charge in [0.2, 0.25) is 0 Å². The molecule has 0 spiro atoms. The zero-order chi connectivity index (χ0) is 14.5. The normalized spacial score (nSPS) is 24.6. The number of methoxy groups -OCH3 is 1. The molecule has 1 fully saturated rings. The van der Waals surface area contributed by atoms with E-state index in [4.69, 9.17) is 4.74 Å². The van der Waals surface area contributed by atoms with Crippen LogP contribution in [-0.2, 0) is 0 Å². The highest BCUT2D eigenvalue weighted by atomic mass is 16.5. The van der Waals surface area contributed by atoms with Crippen LogP contribution in [0.15, 0.2) is 18.5 Å². The van der Waals surface area contributed by atoms with Gasteiger partial charge < -0.3 is 10.1 Å². The SMILES string of the molecule is CNC(c1cncc(OC)c1)C1CCC(C(C)C)CC1. The number of hydrogen-bond acceptors (Lipinski definition) is 3. The Bertz CT molecular complexity index is 411. The summed E-state index contributed by atoms with van der Waals surface area (Å²) < 4.78 is 5.30. The van der Waals surface area contributed by atoms with Crippen LogP contribution in [0.5, 0.6) is 5.75 Å². The van der Waals surface area contributed by atoms with Crippen molar-refractivity contribution in [2.24, 2.45) is 17.8 Å². The topological polar surface area (TPSA) is 34.2 Å². The second kappa shape index (κ2) is 7.07. The lowest BCUT2D eigenvalue weighted by molar-refractivity contribution is 0.192. The smallest absolute Gasteiger partial charge is 0.137 e. The third-order valence-electron chi connectivity index (χ3n) is 4.87. The summed E-state index contributed by atoms with van der Waals surface area (Å²) in [5.74, 6) is 3.29. The number of aromatic nitrogens is 1. The minimum atomic E-state index is 0.394. The molecule has 1 aromatic rings. The van der Waals surface area contributed by atoms with Gasteiger partial charge in [0.1, 0.15) is 5.75 Å². The summed E-state index contributed by atoms with van der Waals surface area (Å²) in [6.45, 7) is 4.71. The molecule has 2 rings (SSSR count). The van der Waals surface area contributed by atoms with Crippen LogP contribution in [0.4, 0.5) is 0 Å². The predicted octanol–water partition coefficient (Wildman–Crippen LogP) is 3.81. The van der Waals surface area contributed by atoms with Gasteiger partial charge in [-0.05, 0) is 62.1 Å². The third-order valence-corrected chi connectivity index (χ3v) is 4.87. The van der Waals surface area contributed by atoms with E-state index in [0.29, 0.717) is 12.0 Å². The zero-order valence-electron chi connectivity index (χ0n) is 13.2. The number of pyridine rings is 1. The standard InChI is InChI=1S/C17H28N2O/c1-12(2)13-5-7-14(8-6-13)17(18-3)15-9-16(20-4)11-19-10-15/h9-14,17-18H,5-8H2,1-4H3. The van der Waals surface area contributed by atoms with Gasteiger partial charge in [-0.2, -0.15) is 0 Å².